The number of nitrogens with zero attached hydrogens (tertiary/aromatic N) is 1. The number of hydrogen-bond acceptors (Lipinski definition) is 4. The molecule has 204 valence electrons. The fraction of sp³-hybridized carbons (Fsp3) is 0.500. The van der Waals surface area contributed by atoms with Gasteiger partial charge in [-0.3, -0.25) is 14.5 Å². The van der Waals surface area contributed by atoms with Crippen molar-refractivity contribution in [3.63, 3.8) is 0 Å². The summed E-state index contributed by atoms with van der Waals surface area (Å²) >= 11 is 0. The Morgan fingerprint density at radius 3 is 2.26 bits per heavy atom. The summed E-state index contributed by atoms with van der Waals surface area (Å²) in [5, 5.41) is 11.6. The van der Waals surface area contributed by atoms with Crippen molar-refractivity contribution in [2.45, 2.75) is 76.9 Å². The smallest absolute Gasteiger partial charge is 0.319 e. The minimum absolute atomic E-state index is 0.00996. The number of amides is 4. The van der Waals surface area contributed by atoms with Gasteiger partial charge in [0.1, 0.15) is 0 Å². The molecule has 1 aliphatic heterocycles. The van der Waals surface area contributed by atoms with E-state index in [-0.39, 0.29) is 36.0 Å². The van der Waals surface area contributed by atoms with Gasteiger partial charge in [0, 0.05) is 35.9 Å². The minimum atomic E-state index is -0.274. The average Bonchev–Trinajstić information content (AvgIpc) is 2.84. The van der Waals surface area contributed by atoms with Gasteiger partial charge in [-0.15, -0.1) is 0 Å². The maximum atomic E-state index is 12.3. The molecule has 0 radical (unpaired) electrons. The van der Waals surface area contributed by atoms with Crippen molar-refractivity contribution >= 4 is 23.5 Å². The number of carbonyl (C=O) groups excluding carboxylic acids is 3. The summed E-state index contributed by atoms with van der Waals surface area (Å²) in [4.78, 5) is 39.1. The number of benzene rings is 2. The monoisotopic (exact) mass is 519 g/mol. The van der Waals surface area contributed by atoms with Crippen LogP contribution in [0.25, 0.3) is 0 Å². The molecule has 2 aromatic rings. The predicted octanol–water partition coefficient (Wildman–Crippen LogP) is 4.17. The fourth-order valence-corrected chi connectivity index (χ4v) is 5.35. The summed E-state index contributed by atoms with van der Waals surface area (Å²) in [6, 6.07) is 16.1. The predicted molar refractivity (Wildman–Crippen MR) is 150 cm³/mol. The molecular weight excluding hydrogens is 478 g/mol. The van der Waals surface area contributed by atoms with E-state index in [1.807, 2.05) is 58.0 Å². The van der Waals surface area contributed by atoms with Gasteiger partial charge < -0.3 is 21.3 Å². The van der Waals surface area contributed by atoms with Crippen molar-refractivity contribution in [1.82, 2.24) is 20.9 Å². The summed E-state index contributed by atoms with van der Waals surface area (Å²) in [7, 11) is 0. The lowest BCUT2D eigenvalue weighted by atomic mass is 9.80. The molecule has 4 rings (SSSR count). The molecule has 2 aromatic carbocycles. The molecule has 38 heavy (non-hydrogen) atoms. The molecule has 0 unspecified atom stereocenters. The van der Waals surface area contributed by atoms with E-state index in [4.69, 9.17) is 0 Å². The Morgan fingerprint density at radius 1 is 0.947 bits per heavy atom. The highest BCUT2D eigenvalue weighted by atomic mass is 16.2. The third-order valence-electron chi connectivity index (χ3n) is 7.31. The van der Waals surface area contributed by atoms with Gasteiger partial charge >= 0.3 is 6.03 Å². The maximum absolute atomic E-state index is 12.3. The first-order valence-corrected chi connectivity index (χ1v) is 13.6. The molecule has 8 nitrogen and oxygen atoms in total. The number of aryl methyl sites for hydroxylation is 1. The third-order valence-corrected chi connectivity index (χ3v) is 7.31. The lowest BCUT2D eigenvalue weighted by molar-refractivity contribution is -0.122. The zero-order valence-corrected chi connectivity index (χ0v) is 23.0. The lowest BCUT2D eigenvalue weighted by Gasteiger charge is -2.46. The van der Waals surface area contributed by atoms with Gasteiger partial charge in [0.2, 0.25) is 5.91 Å². The van der Waals surface area contributed by atoms with Crippen LogP contribution in [-0.2, 0) is 4.79 Å². The highest BCUT2D eigenvalue weighted by Crippen LogP contribution is 2.36. The lowest BCUT2D eigenvalue weighted by Crippen LogP contribution is -2.63. The Hall–Kier alpha value is -3.39. The van der Waals surface area contributed by atoms with Crippen LogP contribution < -0.4 is 21.3 Å². The van der Waals surface area contributed by atoms with Crippen LogP contribution in [0, 0.1) is 6.92 Å². The van der Waals surface area contributed by atoms with E-state index in [1.165, 1.54) is 5.56 Å². The molecule has 0 spiro atoms. The highest BCUT2D eigenvalue weighted by Gasteiger charge is 2.35. The van der Waals surface area contributed by atoms with Crippen LogP contribution in [0.15, 0.2) is 48.5 Å². The normalized spacial score (nSPS) is 20.2. The number of likely N-dealkylation sites (tertiary alicyclic amines) is 1. The van der Waals surface area contributed by atoms with E-state index in [0.717, 1.165) is 50.0 Å². The summed E-state index contributed by atoms with van der Waals surface area (Å²) in [5.74, 6) is 0.165. The van der Waals surface area contributed by atoms with Crippen molar-refractivity contribution in [3.05, 3.63) is 65.2 Å². The van der Waals surface area contributed by atoms with Crippen molar-refractivity contribution in [3.8, 4) is 0 Å². The van der Waals surface area contributed by atoms with Crippen molar-refractivity contribution in [2.24, 2.45) is 0 Å². The second-order valence-corrected chi connectivity index (χ2v) is 11.7. The van der Waals surface area contributed by atoms with Gasteiger partial charge in [-0.25, -0.2) is 4.79 Å². The molecule has 1 saturated carbocycles. The average molecular weight is 520 g/mol. The standard InChI is InChI=1S/C30H41N5O3/c1-20-6-5-7-23(16-20)28(37)31-17-27(36)32-25-18-35(19-25)26-14-10-22(11-15-26)21-8-12-24(13-9-21)33-29(38)34-30(2,3)4/h5-9,12-13,16,22,25-26H,10-11,14-15,17-19H2,1-4H3,(H,31,37)(H,32,36)(H2,33,34,38)/t22-,26+. The molecule has 1 aliphatic carbocycles. The second kappa shape index (κ2) is 12.0. The van der Waals surface area contributed by atoms with Crippen LogP contribution in [0.1, 0.15) is 73.9 Å². The summed E-state index contributed by atoms with van der Waals surface area (Å²) in [6.07, 6.45) is 4.57. The Morgan fingerprint density at radius 2 is 1.63 bits per heavy atom. The third kappa shape index (κ3) is 7.81. The van der Waals surface area contributed by atoms with Crippen LogP contribution in [0.4, 0.5) is 10.5 Å². The Balaban J connectivity index is 1.13. The molecule has 1 saturated heterocycles. The molecule has 8 heteroatoms. The zero-order chi connectivity index (χ0) is 27.3. The summed E-state index contributed by atoms with van der Waals surface area (Å²) < 4.78 is 0. The molecule has 4 N–H and O–H groups in total. The molecule has 0 bridgehead atoms. The van der Waals surface area contributed by atoms with Crippen LogP contribution >= 0.6 is 0 Å². The molecule has 0 aromatic heterocycles. The first-order chi connectivity index (χ1) is 18.1. The number of urea groups is 1. The van der Waals surface area contributed by atoms with E-state index >= 15 is 0 Å². The van der Waals surface area contributed by atoms with Crippen molar-refractivity contribution in [2.75, 3.05) is 25.0 Å². The van der Waals surface area contributed by atoms with Gasteiger partial charge in [-0.1, -0.05) is 29.8 Å². The Kier molecular flexibility index (Phi) is 8.72. The first-order valence-electron chi connectivity index (χ1n) is 13.6. The molecule has 1 heterocycles. The number of hydrogen-bond donors (Lipinski definition) is 4. The molecule has 0 atom stereocenters. The number of carbonyl (C=O) groups is 3. The van der Waals surface area contributed by atoms with Crippen molar-refractivity contribution < 1.29 is 14.4 Å². The fourth-order valence-electron chi connectivity index (χ4n) is 5.35. The van der Waals surface area contributed by atoms with E-state index in [2.05, 4.69) is 38.3 Å². The van der Waals surface area contributed by atoms with E-state index in [1.54, 1.807) is 6.07 Å². The Bertz CT molecular complexity index is 1130. The maximum Gasteiger partial charge on any atom is 0.319 e. The van der Waals surface area contributed by atoms with Gasteiger partial charge in [-0.2, -0.15) is 0 Å². The SMILES string of the molecule is Cc1cccc(C(=O)NCC(=O)NC2CN([C@H]3CC[C@@H](c4ccc(NC(=O)NC(C)(C)C)cc4)CC3)C2)c1. The van der Waals surface area contributed by atoms with E-state index < -0.39 is 0 Å². The van der Waals surface area contributed by atoms with Crippen LogP contribution in [-0.4, -0.2) is 60.0 Å². The van der Waals surface area contributed by atoms with Gasteiger partial charge in [0.25, 0.3) is 5.91 Å². The topological polar surface area (TPSA) is 103 Å². The highest BCUT2D eigenvalue weighted by molar-refractivity contribution is 5.96. The molecule has 4 amide bonds. The molecular formula is C30H41N5O3. The second-order valence-electron chi connectivity index (χ2n) is 11.7. The van der Waals surface area contributed by atoms with Crippen molar-refractivity contribution in [1.29, 1.82) is 0 Å². The molecule has 2 fully saturated rings. The number of nitrogens with one attached hydrogen (secondary N) is 4. The first kappa shape index (κ1) is 27.6. The van der Waals surface area contributed by atoms with Crippen LogP contribution in [0.3, 0.4) is 0 Å². The van der Waals surface area contributed by atoms with Crippen LogP contribution in [0.5, 0.6) is 0 Å². The van der Waals surface area contributed by atoms with E-state index in [9.17, 15) is 14.4 Å². The summed E-state index contributed by atoms with van der Waals surface area (Å²) in [6.45, 7) is 9.52. The van der Waals surface area contributed by atoms with Crippen LogP contribution in [0.2, 0.25) is 0 Å². The number of anilines is 1. The Labute approximate surface area is 225 Å². The van der Waals surface area contributed by atoms with Gasteiger partial charge in [0.05, 0.1) is 12.6 Å². The minimum Gasteiger partial charge on any atom is -0.349 e. The largest absolute Gasteiger partial charge is 0.349 e. The van der Waals surface area contributed by atoms with E-state index in [0.29, 0.717) is 17.5 Å². The summed E-state index contributed by atoms with van der Waals surface area (Å²) in [5.41, 5.74) is 3.43. The molecule has 2 aliphatic rings. The number of rotatable bonds is 7. The zero-order valence-electron chi connectivity index (χ0n) is 23.0. The van der Waals surface area contributed by atoms with Gasteiger partial charge in [-0.05, 0) is 89.1 Å². The van der Waals surface area contributed by atoms with Gasteiger partial charge in [0.15, 0.2) is 0 Å². The quantitative estimate of drug-likeness (QED) is 0.441.